The van der Waals surface area contributed by atoms with Gasteiger partial charge in [-0.3, -0.25) is 9.59 Å². The smallest absolute Gasteiger partial charge is 0.308 e. The molecule has 27 heavy (non-hydrogen) atoms. The zero-order valence-electron chi connectivity index (χ0n) is 16.4. The molecule has 0 saturated heterocycles. The van der Waals surface area contributed by atoms with Crippen LogP contribution in [0.4, 0.5) is 0 Å². The van der Waals surface area contributed by atoms with Crippen LogP contribution in [0, 0.1) is 40.9 Å². The van der Waals surface area contributed by atoms with Crippen LogP contribution in [0.25, 0.3) is 0 Å². The Morgan fingerprint density at radius 1 is 1.22 bits per heavy atom. The predicted octanol–water partition coefficient (Wildman–Crippen LogP) is 3.77. The lowest BCUT2D eigenvalue weighted by Crippen LogP contribution is -2.52. The van der Waals surface area contributed by atoms with Gasteiger partial charge in [-0.2, -0.15) is 0 Å². The third-order valence-corrected chi connectivity index (χ3v) is 8.41. The van der Waals surface area contributed by atoms with E-state index in [1.54, 1.807) is 0 Å². The molecule has 4 aliphatic rings. The highest BCUT2D eigenvalue weighted by Crippen LogP contribution is 2.66. The summed E-state index contributed by atoms with van der Waals surface area (Å²) in [6.07, 6.45) is 13.2. The predicted molar refractivity (Wildman–Crippen MR) is 101 cm³/mol. The second kappa shape index (κ2) is 6.48. The highest BCUT2D eigenvalue weighted by atomic mass is 16.5. The molecule has 0 heterocycles. The van der Waals surface area contributed by atoms with Gasteiger partial charge in [-0.25, -0.2) is 0 Å². The molecule has 146 valence electrons. The molecule has 0 aliphatic heterocycles. The van der Waals surface area contributed by atoms with Crippen LogP contribution in [0.1, 0.15) is 71.6 Å². The molecular formula is C23H30O4. The van der Waals surface area contributed by atoms with Crippen molar-refractivity contribution in [3.63, 3.8) is 0 Å². The molecule has 0 aromatic carbocycles. The molecule has 0 amide bonds. The van der Waals surface area contributed by atoms with Gasteiger partial charge in [0, 0.05) is 25.2 Å². The number of ketones is 1. The summed E-state index contributed by atoms with van der Waals surface area (Å²) < 4.78 is 5.43. The fourth-order valence-corrected chi connectivity index (χ4v) is 7.20. The number of rotatable bonds is 2. The molecule has 1 unspecified atom stereocenters. The fraction of sp³-hybridized carbons (Fsp3) is 0.739. The largest absolute Gasteiger partial charge is 0.423 e. The van der Waals surface area contributed by atoms with Crippen molar-refractivity contribution in [1.82, 2.24) is 0 Å². The number of carbonyl (C=O) groups excluding carboxylic acids is 2. The number of hydrogen-bond donors (Lipinski definition) is 1. The van der Waals surface area contributed by atoms with Crippen molar-refractivity contribution in [3.8, 4) is 12.3 Å². The minimum atomic E-state index is -0.431. The first kappa shape index (κ1) is 18.7. The molecule has 0 spiro atoms. The van der Waals surface area contributed by atoms with E-state index < -0.39 is 5.97 Å². The van der Waals surface area contributed by atoms with Gasteiger partial charge in [0.25, 0.3) is 0 Å². The normalized spacial score (nSPS) is 43.4. The maximum Gasteiger partial charge on any atom is 0.308 e. The zero-order chi connectivity index (χ0) is 19.4. The number of carbonyl (C=O) groups is 2. The Balaban J connectivity index is 1.78. The van der Waals surface area contributed by atoms with Crippen molar-refractivity contribution < 1.29 is 19.4 Å². The zero-order valence-corrected chi connectivity index (χ0v) is 16.4. The number of hydrogen-bond acceptors (Lipinski definition) is 4. The van der Waals surface area contributed by atoms with Crippen molar-refractivity contribution in [2.24, 2.45) is 28.6 Å². The number of Topliss-reactive ketones (excluding diaryl/α,β-unsaturated/α-hetero) is 1. The second-order valence-electron chi connectivity index (χ2n) is 9.41. The molecule has 3 fully saturated rings. The summed E-state index contributed by atoms with van der Waals surface area (Å²) in [6, 6.07) is 0. The van der Waals surface area contributed by atoms with Crippen molar-refractivity contribution >= 4 is 11.8 Å². The Morgan fingerprint density at radius 3 is 2.70 bits per heavy atom. The average molecular weight is 370 g/mol. The third-order valence-electron chi connectivity index (χ3n) is 8.41. The van der Waals surface area contributed by atoms with Crippen molar-refractivity contribution in [2.75, 3.05) is 0 Å². The summed E-state index contributed by atoms with van der Waals surface area (Å²) in [5, 5.41) is 10.6. The van der Waals surface area contributed by atoms with Gasteiger partial charge in [0.2, 0.25) is 0 Å². The SMILES string of the molecule is C#CCC12CCC(=O)C(OC(C)=O)=C1CC[C@@H]1[C@@H]2CC[C@]2(C)[C@@H](O)CC[C@@H]12. The molecule has 3 saturated carbocycles. The highest BCUT2D eigenvalue weighted by Gasteiger charge is 2.60. The molecule has 4 heteroatoms. The molecule has 1 N–H and O–H groups in total. The van der Waals surface area contributed by atoms with Crippen LogP contribution in [0.3, 0.4) is 0 Å². The van der Waals surface area contributed by atoms with E-state index in [1.165, 1.54) is 6.92 Å². The van der Waals surface area contributed by atoms with Crippen LogP contribution < -0.4 is 0 Å². The maximum atomic E-state index is 12.5. The van der Waals surface area contributed by atoms with Gasteiger partial charge >= 0.3 is 5.97 Å². The Labute approximate surface area is 161 Å². The van der Waals surface area contributed by atoms with Crippen LogP contribution >= 0.6 is 0 Å². The van der Waals surface area contributed by atoms with E-state index in [0.29, 0.717) is 36.4 Å². The van der Waals surface area contributed by atoms with E-state index in [-0.39, 0.29) is 22.7 Å². The van der Waals surface area contributed by atoms with Crippen molar-refractivity contribution in [3.05, 3.63) is 11.3 Å². The first-order valence-corrected chi connectivity index (χ1v) is 10.4. The number of terminal acetylenes is 1. The van der Waals surface area contributed by atoms with E-state index in [9.17, 15) is 14.7 Å². The maximum absolute atomic E-state index is 12.5. The number of aliphatic hydroxyl groups excluding tert-OH is 1. The number of ether oxygens (including phenoxy) is 1. The van der Waals surface area contributed by atoms with Crippen LogP contribution in [0.2, 0.25) is 0 Å². The first-order chi connectivity index (χ1) is 12.8. The molecule has 4 rings (SSSR count). The summed E-state index contributed by atoms with van der Waals surface area (Å²) in [7, 11) is 0. The molecule has 4 nitrogen and oxygen atoms in total. The molecule has 6 atom stereocenters. The standard InChI is InChI=1S/C23H30O4/c1-4-11-23-13-10-19(25)21(27-14(2)24)18(23)6-5-15-16-7-8-20(26)22(16,3)12-9-17(15)23/h1,15-17,20,26H,5-13H2,2-3H3/t15-,16-,17-,20-,22-,23?/m0/s1. The summed E-state index contributed by atoms with van der Waals surface area (Å²) >= 11 is 0. The van der Waals surface area contributed by atoms with Gasteiger partial charge in [-0.05, 0) is 73.7 Å². The number of allylic oxidation sites excluding steroid dienone is 1. The highest BCUT2D eigenvalue weighted by molar-refractivity contribution is 5.97. The minimum absolute atomic E-state index is 0.0168. The van der Waals surface area contributed by atoms with Gasteiger partial charge in [0.1, 0.15) is 0 Å². The first-order valence-electron chi connectivity index (χ1n) is 10.4. The quantitative estimate of drug-likeness (QED) is 0.594. The summed E-state index contributed by atoms with van der Waals surface area (Å²) in [4.78, 5) is 24.2. The Kier molecular flexibility index (Phi) is 4.50. The van der Waals surface area contributed by atoms with Gasteiger partial charge in [0.05, 0.1) is 6.10 Å². The monoisotopic (exact) mass is 370 g/mol. The van der Waals surface area contributed by atoms with E-state index in [2.05, 4.69) is 12.8 Å². The Hall–Kier alpha value is -1.60. The van der Waals surface area contributed by atoms with Crippen LogP contribution in [0.5, 0.6) is 0 Å². The van der Waals surface area contributed by atoms with E-state index in [0.717, 1.165) is 50.5 Å². The van der Waals surface area contributed by atoms with E-state index in [1.807, 2.05) is 0 Å². The van der Waals surface area contributed by atoms with E-state index in [4.69, 9.17) is 11.2 Å². The fourth-order valence-electron chi connectivity index (χ4n) is 7.20. The van der Waals surface area contributed by atoms with Crippen LogP contribution in [-0.4, -0.2) is 23.0 Å². The minimum Gasteiger partial charge on any atom is -0.423 e. The van der Waals surface area contributed by atoms with Gasteiger partial charge in [-0.15, -0.1) is 12.3 Å². The number of esters is 1. The van der Waals surface area contributed by atoms with Crippen molar-refractivity contribution in [2.45, 2.75) is 77.7 Å². The lowest BCUT2D eigenvalue weighted by atomic mass is 9.46. The summed E-state index contributed by atoms with van der Waals surface area (Å²) in [5.74, 6) is 4.18. The van der Waals surface area contributed by atoms with E-state index >= 15 is 0 Å². The lowest BCUT2D eigenvalue weighted by molar-refractivity contribution is -0.142. The van der Waals surface area contributed by atoms with Crippen molar-refractivity contribution in [1.29, 1.82) is 0 Å². The van der Waals surface area contributed by atoms with Gasteiger partial charge in [0.15, 0.2) is 11.5 Å². The molecule has 0 aromatic rings. The van der Waals surface area contributed by atoms with Gasteiger partial charge in [-0.1, -0.05) is 6.92 Å². The van der Waals surface area contributed by atoms with Crippen LogP contribution in [0.15, 0.2) is 11.3 Å². The van der Waals surface area contributed by atoms with Crippen LogP contribution in [-0.2, 0) is 14.3 Å². The Morgan fingerprint density at radius 2 is 2.00 bits per heavy atom. The molecular weight excluding hydrogens is 340 g/mol. The molecule has 0 bridgehead atoms. The lowest BCUT2D eigenvalue weighted by Gasteiger charge is -2.58. The second-order valence-corrected chi connectivity index (χ2v) is 9.41. The Bertz CT molecular complexity index is 744. The molecule has 0 radical (unpaired) electrons. The molecule has 0 aromatic heterocycles. The number of fused-ring (bicyclic) bond motifs is 5. The average Bonchev–Trinajstić information content (AvgIpc) is 2.93. The third kappa shape index (κ3) is 2.62. The molecule has 4 aliphatic carbocycles. The topological polar surface area (TPSA) is 63.6 Å². The summed E-state index contributed by atoms with van der Waals surface area (Å²) in [6.45, 7) is 3.62. The number of aliphatic hydroxyl groups is 1. The summed E-state index contributed by atoms with van der Waals surface area (Å²) in [5.41, 5.74) is 0.809. The van der Waals surface area contributed by atoms with Gasteiger partial charge < -0.3 is 9.84 Å².